The van der Waals surface area contributed by atoms with E-state index in [1.807, 2.05) is 13.0 Å². The Morgan fingerprint density at radius 3 is 2.74 bits per heavy atom. The molecule has 7 heteroatoms. The van der Waals surface area contributed by atoms with E-state index in [0.717, 1.165) is 53.4 Å². The lowest BCUT2D eigenvalue weighted by molar-refractivity contribution is 0.186. The van der Waals surface area contributed by atoms with Crippen molar-refractivity contribution in [3.05, 3.63) is 75.9 Å². The molecule has 0 aliphatic carbocycles. The molecule has 0 radical (unpaired) electrons. The van der Waals surface area contributed by atoms with Crippen molar-refractivity contribution in [3.8, 4) is 10.7 Å². The van der Waals surface area contributed by atoms with Gasteiger partial charge in [-0.15, -0.1) is 11.3 Å². The van der Waals surface area contributed by atoms with Gasteiger partial charge in [0.25, 0.3) is 0 Å². The van der Waals surface area contributed by atoms with Gasteiger partial charge in [0, 0.05) is 22.7 Å². The quantitative estimate of drug-likeness (QED) is 0.313. The summed E-state index contributed by atoms with van der Waals surface area (Å²) in [6.45, 7) is 2.58. The van der Waals surface area contributed by atoms with Crippen molar-refractivity contribution in [1.82, 2.24) is 14.5 Å². The fourth-order valence-electron chi connectivity index (χ4n) is 4.42. The van der Waals surface area contributed by atoms with Crippen LogP contribution in [0.4, 0.5) is 5.69 Å². The summed E-state index contributed by atoms with van der Waals surface area (Å²) in [5.74, 6) is 0.979. The predicted molar refractivity (Wildman–Crippen MR) is 130 cm³/mol. The minimum atomic E-state index is -0.0718. The summed E-state index contributed by atoms with van der Waals surface area (Å²) < 4.78 is 8.88. The van der Waals surface area contributed by atoms with Crippen LogP contribution in [-0.2, 0) is 11.3 Å². The van der Waals surface area contributed by atoms with Gasteiger partial charge in [-0.2, -0.15) is 0 Å². The number of aryl methyl sites for hydroxylation is 1. The SMILES string of the molecule is COCc1cc(C)nc2sc3c(c12)NC(c1ccc(Br)cc1)n1c-3nc2ccccc21. The molecule has 1 aliphatic rings. The number of rotatable bonds is 3. The molecule has 4 heterocycles. The van der Waals surface area contributed by atoms with E-state index in [1.54, 1.807) is 18.4 Å². The Bertz CT molecular complexity index is 1450. The van der Waals surface area contributed by atoms with E-state index in [4.69, 9.17) is 14.7 Å². The number of methoxy groups -OCH3 is 1. The molecule has 1 aliphatic heterocycles. The van der Waals surface area contributed by atoms with Crippen LogP contribution in [0.1, 0.15) is 23.0 Å². The topological polar surface area (TPSA) is 52.0 Å². The van der Waals surface area contributed by atoms with Crippen LogP contribution in [0.25, 0.3) is 32.0 Å². The zero-order valence-corrected chi connectivity index (χ0v) is 19.4. The normalized spacial score (nSPS) is 15.1. The van der Waals surface area contributed by atoms with Crippen molar-refractivity contribution in [1.29, 1.82) is 0 Å². The van der Waals surface area contributed by atoms with Crippen molar-refractivity contribution in [2.24, 2.45) is 0 Å². The van der Waals surface area contributed by atoms with E-state index in [2.05, 4.69) is 74.3 Å². The summed E-state index contributed by atoms with van der Waals surface area (Å²) in [5, 5.41) is 4.96. The van der Waals surface area contributed by atoms with Gasteiger partial charge in [0.05, 0.1) is 28.2 Å². The second kappa shape index (κ2) is 7.15. The predicted octanol–water partition coefficient (Wildman–Crippen LogP) is 6.50. The van der Waals surface area contributed by atoms with Crippen LogP contribution in [0.2, 0.25) is 0 Å². The van der Waals surface area contributed by atoms with E-state index in [1.165, 1.54) is 5.56 Å². The van der Waals surface area contributed by atoms with E-state index in [0.29, 0.717) is 6.61 Å². The molecule has 154 valence electrons. The average molecular weight is 491 g/mol. The van der Waals surface area contributed by atoms with Crippen LogP contribution in [0.3, 0.4) is 0 Å². The molecule has 5 nitrogen and oxygen atoms in total. The smallest absolute Gasteiger partial charge is 0.155 e. The molecule has 1 unspecified atom stereocenters. The lowest BCUT2D eigenvalue weighted by atomic mass is 10.1. The van der Waals surface area contributed by atoms with E-state index in [9.17, 15) is 0 Å². The van der Waals surface area contributed by atoms with Crippen LogP contribution in [-0.4, -0.2) is 21.6 Å². The number of para-hydroxylation sites is 2. The van der Waals surface area contributed by atoms with Crippen LogP contribution in [0, 0.1) is 6.92 Å². The minimum Gasteiger partial charge on any atom is -0.380 e. The number of benzene rings is 2. The maximum atomic E-state index is 5.52. The lowest BCUT2D eigenvalue weighted by Crippen LogP contribution is -2.24. The van der Waals surface area contributed by atoms with Crippen molar-refractivity contribution in [2.75, 3.05) is 12.4 Å². The second-order valence-corrected chi connectivity index (χ2v) is 9.65. The Labute approximate surface area is 191 Å². The summed E-state index contributed by atoms with van der Waals surface area (Å²) in [5.41, 5.74) is 6.52. The average Bonchev–Trinajstić information content (AvgIpc) is 3.32. The summed E-state index contributed by atoms with van der Waals surface area (Å²) in [6.07, 6.45) is -0.0718. The highest BCUT2D eigenvalue weighted by Crippen LogP contribution is 2.49. The van der Waals surface area contributed by atoms with E-state index < -0.39 is 0 Å². The Morgan fingerprint density at radius 2 is 1.94 bits per heavy atom. The van der Waals surface area contributed by atoms with Crippen LogP contribution < -0.4 is 5.32 Å². The molecular formula is C24H19BrN4OS. The Kier molecular flexibility index (Phi) is 4.38. The second-order valence-electron chi connectivity index (χ2n) is 7.73. The number of pyridine rings is 1. The van der Waals surface area contributed by atoms with Crippen molar-refractivity contribution < 1.29 is 4.74 Å². The summed E-state index contributed by atoms with van der Waals surface area (Å²) in [6, 6.07) is 18.9. The molecule has 1 atom stereocenters. The standard InChI is InChI=1S/C24H19BrN4OS/c1-13-11-15(12-30-2)19-20-21(31-24(19)26-13)23-27-17-5-3-4-6-18(17)29(23)22(28-20)14-7-9-16(25)10-8-14/h3-11,22,28H,12H2,1-2H3. The molecule has 2 aromatic carbocycles. The molecule has 5 aromatic rings. The highest BCUT2D eigenvalue weighted by molar-refractivity contribution is 9.10. The van der Waals surface area contributed by atoms with Gasteiger partial charge in [-0.25, -0.2) is 9.97 Å². The summed E-state index contributed by atoms with van der Waals surface area (Å²) in [7, 11) is 1.73. The molecule has 31 heavy (non-hydrogen) atoms. The number of fused-ring (bicyclic) bond motifs is 7. The van der Waals surface area contributed by atoms with Gasteiger partial charge in [-0.3, -0.25) is 4.57 Å². The number of imidazole rings is 1. The highest BCUT2D eigenvalue weighted by atomic mass is 79.9. The third kappa shape index (κ3) is 2.91. The van der Waals surface area contributed by atoms with Gasteiger partial charge in [0.2, 0.25) is 0 Å². The zero-order valence-electron chi connectivity index (χ0n) is 17.0. The number of ether oxygens (including phenoxy) is 1. The maximum Gasteiger partial charge on any atom is 0.155 e. The number of nitrogens with zero attached hydrogens (tertiary/aromatic N) is 3. The molecule has 6 rings (SSSR count). The van der Waals surface area contributed by atoms with Gasteiger partial charge >= 0.3 is 0 Å². The number of aromatic nitrogens is 3. The molecule has 0 saturated heterocycles. The molecule has 0 spiro atoms. The van der Waals surface area contributed by atoms with Gasteiger partial charge in [-0.1, -0.05) is 40.2 Å². The molecular weight excluding hydrogens is 472 g/mol. The molecule has 0 bridgehead atoms. The Morgan fingerprint density at radius 1 is 1.13 bits per heavy atom. The third-order valence-corrected chi connectivity index (χ3v) is 7.30. The Balaban J connectivity index is 1.68. The first-order valence-electron chi connectivity index (χ1n) is 10.1. The monoisotopic (exact) mass is 490 g/mol. The number of nitrogens with one attached hydrogen (secondary N) is 1. The number of anilines is 1. The number of hydrogen-bond acceptors (Lipinski definition) is 5. The van der Waals surface area contributed by atoms with Crippen LogP contribution in [0.5, 0.6) is 0 Å². The summed E-state index contributed by atoms with van der Waals surface area (Å²) >= 11 is 5.25. The Hall–Kier alpha value is -2.74. The first-order valence-corrected chi connectivity index (χ1v) is 11.7. The van der Waals surface area contributed by atoms with Crippen LogP contribution >= 0.6 is 27.3 Å². The van der Waals surface area contributed by atoms with Crippen molar-refractivity contribution in [3.63, 3.8) is 0 Å². The molecule has 3 aromatic heterocycles. The van der Waals surface area contributed by atoms with Crippen molar-refractivity contribution >= 4 is 54.2 Å². The fourth-order valence-corrected chi connectivity index (χ4v) is 5.90. The van der Waals surface area contributed by atoms with Gasteiger partial charge in [0.1, 0.15) is 11.0 Å². The molecule has 0 saturated carbocycles. The van der Waals surface area contributed by atoms with E-state index in [-0.39, 0.29) is 6.17 Å². The third-order valence-electron chi connectivity index (χ3n) is 5.70. The van der Waals surface area contributed by atoms with Gasteiger partial charge in [-0.05, 0) is 48.4 Å². The van der Waals surface area contributed by atoms with E-state index >= 15 is 0 Å². The van der Waals surface area contributed by atoms with Gasteiger partial charge < -0.3 is 10.1 Å². The largest absolute Gasteiger partial charge is 0.380 e. The van der Waals surface area contributed by atoms with Gasteiger partial charge in [0.15, 0.2) is 5.82 Å². The maximum absolute atomic E-state index is 5.52. The summed E-state index contributed by atoms with van der Waals surface area (Å²) in [4.78, 5) is 12.0. The number of hydrogen-bond donors (Lipinski definition) is 1. The van der Waals surface area contributed by atoms with Crippen LogP contribution in [0.15, 0.2) is 59.1 Å². The fraction of sp³-hybridized carbons (Fsp3) is 0.167. The first-order chi connectivity index (χ1) is 15.1. The number of halogens is 1. The molecule has 1 N–H and O–H groups in total. The molecule has 0 amide bonds. The minimum absolute atomic E-state index is 0.0718. The van der Waals surface area contributed by atoms with Crippen molar-refractivity contribution in [2.45, 2.75) is 19.7 Å². The number of thiophene rings is 1. The lowest BCUT2D eigenvalue weighted by Gasteiger charge is -2.29. The highest BCUT2D eigenvalue weighted by Gasteiger charge is 2.32. The molecule has 0 fully saturated rings. The first kappa shape index (κ1) is 19.0. The zero-order chi connectivity index (χ0) is 21.1.